The van der Waals surface area contributed by atoms with Crippen molar-refractivity contribution in [2.24, 2.45) is 5.73 Å². The lowest BCUT2D eigenvalue weighted by Crippen LogP contribution is -2.15. The van der Waals surface area contributed by atoms with Crippen molar-refractivity contribution >= 4 is 16.3 Å². The van der Waals surface area contributed by atoms with E-state index in [-0.39, 0.29) is 0 Å². The van der Waals surface area contributed by atoms with Gasteiger partial charge in [0.2, 0.25) is 0 Å². The Bertz CT molecular complexity index is 778. The van der Waals surface area contributed by atoms with Crippen LogP contribution in [0.4, 0.5) is 0 Å². The fourth-order valence-electron chi connectivity index (χ4n) is 2.34. The molecule has 2 N–H and O–H groups in total. The predicted molar refractivity (Wildman–Crippen MR) is 77.4 cm³/mol. The molecule has 1 aliphatic heterocycles. The van der Waals surface area contributed by atoms with Crippen LogP contribution in [0.25, 0.3) is 16.2 Å². The van der Waals surface area contributed by atoms with Crippen molar-refractivity contribution in [3.63, 3.8) is 0 Å². The fourth-order valence-corrected chi connectivity index (χ4v) is 3.24. The normalized spacial score (nSPS) is 13.8. The molecule has 0 bridgehead atoms. The molecule has 3 heterocycles. The highest BCUT2D eigenvalue weighted by Crippen LogP contribution is 2.35. The minimum Gasteiger partial charge on any atom is -0.486 e. The zero-order chi connectivity index (χ0) is 13.5. The summed E-state index contributed by atoms with van der Waals surface area (Å²) < 4.78 is 13.2. The summed E-state index contributed by atoms with van der Waals surface area (Å²) >= 11 is 1.61. The van der Waals surface area contributed by atoms with E-state index >= 15 is 0 Å². The third-order valence-electron chi connectivity index (χ3n) is 3.31. The molecule has 0 radical (unpaired) electrons. The monoisotopic (exact) mass is 287 g/mol. The zero-order valence-electron chi connectivity index (χ0n) is 10.7. The van der Waals surface area contributed by atoms with Gasteiger partial charge >= 0.3 is 0 Å². The molecule has 1 aliphatic rings. The Morgan fingerprint density at radius 1 is 1.25 bits per heavy atom. The van der Waals surface area contributed by atoms with Crippen molar-refractivity contribution < 1.29 is 9.47 Å². The van der Waals surface area contributed by atoms with Gasteiger partial charge in [-0.2, -0.15) is 0 Å². The number of benzene rings is 1. The van der Waals surface area contributed by atoms with E-state index < -0.39 is 0 Å². The summed E-state index contributed by atoms with van der Waals surface area (Å²) in [7, 11) is 0. The van der Waals surface area contributed by atoms with Gasteiger partial charge in [-0.25, -0.2) is 4.98 Å². The second kappa shape index (κ2) is 4.50. The smallest absolute Gasteiger partial charge is 0.194 e. The van der Waals surface area contributed by atoms with Crippen molar-refractivity contribution in [3.05, 3.63) is 35.5 Å². The lowest BCUT2D eigenvalue weighted by atomic mass is 10.1. The van der Waals surface area contributed by atoms with Crippen LogP contribution < -0.4 is 15.2 Å². The molecule has 0 fully saturated rings. The lowest BCUT2D eigenvalue weighted by Gasteiger charge is -2.18. The van der Waals surface area contributed by atoms with E-state index in [0.717, 1.165) is 33.4 Å². The van der Waals surface area contributed by atoms with E-state index in [1.54, 1.807) is 11.3 Å². The van der Waals surface area contributed by atoms with Crippen molar-refractivity contribution in [3.8, 4) is 22.8 Å². The van der Waals surface area contributed by atoms with Gasteiger partial charge in [-0.1, -0.05) is 0 Å². The van der Waals surface area contributed by atoms with Crippen molar-refractivity contribution in [2.75, 3.05) is 13.2 Å². The summed E-state index contributed by atoms with van der Waals surface area (Å²) in [6.45, 7) is 1.66. The van der Waals surface area contributed by atoms with Gasteiger partial charge in [0, 0.05) is 23.7 Å². The Morgan fingerprint density at radius 3 is 2.95 bits per heavy atom. The van der Waals surface area contributed by atoms with Gasteiger partial charge in [0.05, 0.1) is 11.4 Å². The van der Waals surface area contributed by atoms with Gasteiger partial charge in [0.1, 0.15) is 13.2 Å². The first-order valence-corrected chi connectivity index (χ1v) is 7.28. The first-order chi connectivity index (χ1) is 9.85. The molecule has 102 valence electrons. The minimum absolute atomic E-state index is 0.453. The number of hydrogen-bond donors (Lipinski definition) is 1. The average Bonchev–Trinajstić information content (AvgIpc) is 3.06. The van der Waals surface area contributed by atoms with Gasteiger partial charge in [-0.3, -0.25) is 4.40 Å². The highest BCUT2D eigenvalue weighted by Gasteiger charge is 2.15. The van der Waals surface area contributed by atoms with Crippen LogP contribution in [0.2, 0.25) is 0 Å². The first-order valence-electron chi connectivity index (χ1n) is 6.41. The molecule has 0 aliphatic carbocycles. The number of nitrogens with two attached hydrogens (primary N) is 1. The Balaban J connectivity index is 1.83. The maximum atomic E-state index is 5.65. The van der Waals surface area contributed by atoms with E-state index in [1.165, 1.54) is 0 Å². The minimum atomic E-state index is 0.453. The quantitative estimate of drug-likeness (QED) is 0.785. The van der Waals surface area contributed by atoms with Gasteiger partial charge in [-0.15, -0.1) is 11.3 Å². The Morgan fingerprint density at radius 2 is 2.10 bits per heavy atom. The molecular formula is C14H13N3O2S. The summed E-state index contributed by atoms with van der Waals surface area (Å²) in [4.78, 5) is 5.42. The molecule has 0 saturated heterocycles. The Kier molecular flexibility index (Phi) is 2.64. The molecule has 1 aromatic carbocycles. The number of hydrogen-bond acceptors (Lipinski definition) is 5. The van der Waals surface area contributed by atoms with Crippen LogP contribution in [-0.2, 0) is 6.54 Å². The standard InChI is InChI=1S/C14H13N3O2S/c15-6-10-7-17-11(8-20-14(17)16-10)9-1-2-12-13(5-9)19-4-3-18-12/h1-2,5,7-8H,3-4,6,15H2. The summed E-state index contributed by atoms with van der Waals surface area (Å²) in [5, 5.41) is 2.09. The van der Waals surface area contributed by atoms with Gasteiger partial charge in [0.15, 0.2) is 16.5 Å². The fraction of sp³-hybridized carbons (Fsp3) is 0.214. The molecule has 6 heteroatoms. The molecule has 0 atom stereocenters. The Hall–Kier alpha value is -2.05. The SMILES string of the molecule is NCc1cn2c(-c3ccc4c(c3)OCCO4)csc2n1. The maximum Gasteiger partial charge on any atom is 0.194 e. The number of fused-ring (bicyclic) bond motifs is 2. The molecule has 4 rings (SSSR count). The number of thiazole rings is 1. The van der Waals surface area contributed by atoms with Crippen LogP contribution in [0, 0.1) is 0 Å². The number of ether oxygens (including phenoxy) is 2. The second-order valence-corrected chi connectivity index (χ2v) is 5.40. The van der Waals surface area contributed by atoms with Crippen LogP contribution in [-0.4, -0.2) is 22.6 Å². The highest BCUT2D eigenvalue weighted by molar-refractivity contribution is 7.15. The molecular weight excluding hydrogens is 274 g/mol. The molecule has 0 saturated carbocycles. The Labute approximate surface area is 119 Å². The van der Waals surface area contributed by atoms with Gasteiger partial charge < -0.3 is 15.2 Å². The summed E-state index contributed by atoms with van der Waals surface area (Å²) in [5.41, 5.74) is 8.72. The topological polar surface area (TPSA) is 61.8 Å². The van der Waals surface area contributed by atoms with E-state index in [0.29, 0.717) is 19.8 Å². The van der Waals surface area contributed by atoms with E-state index in [1.807, 2.05) is 24.4 Å². The largest absolute Gasteiger partial charge is 0.486 e. The predicted octanol–water partition coefficient (Wildman–Crippen LogP) is 2.29. The van der Waals surface area contributed by atoms with Crippen LogP contribution in [0.15, 0.2) is 29.8 Å². The number of nitrogens with zero attached hydrogens (tertiary/aromatic N) is 2. The van der Waals surface area contributed by atoms with Crippen molar-refractivity contribution in [1.82, 2.24) is 9.38 Å². The number of rotatable bonds is 2. The van der Waals surface area contributed by atoms with Crippen LogP contribution in [0.5, 0.6) is 11.5 Å². The first kappa shape index (κ1) is 11.7. The molecule has 2 aromatic heterocycles. The van der Waals surface area contributed by atoms with E-state index in [2.05, 4.69) is 14.8 Å². The summed E-state index contributed by atoms with van der Waals surface area (Å²) in [6, 6.07) is 6.00. The second-order valence-electron chi connectivity index (χ2n) is 4.57. The number of imidazole rings is 1. The van der Waals surface area contributed by atoms with Gasteiger partial charge in [-0.05, 0) is 18.2 Å². The van der Waals surface area contributed by atoms with Crippen LogP contribution in [0.1, 0.15) is 5.69 Å². The van der Waals surface area contributed by atoms with Crippen LogP contribution >= 0.6 is 11.3 Å². The van der Waals surface area contributed by atoms with E-state index in [9.17, 15) is 0 Å². The molecule has 0 spiro atoms. The zero-order valence-corrected chi connectivity index (χ0v) is 11.5. The highest BCUT2D eigenvalue weighted by atomic mass is 32.1. The van der Waals surface area contributed by atoms with E-state index in [4.69, 9.17) is 15.2 Å². The average molecular weight is 287 g/mol. The molecule has 20 heavy (non-hydrogen) atoms. The molecule has 0 amide bonds. The maximum absolute atomic E-state index is 5.65. The molecule has 5 nitrogen and oxygen atoms in total. The molecule has 3 aromatic rings. The lowest BCUT2D eigenvalue weighted by molar-refractivity contribution is 0.171. The summed E-state index contributed by atoms with van der Waals surface area (Å²) in [5.74, 6) is 1.60. The van der Waals surface area contributed by atoms with Crippen LogP contribution in [0.3, 0.4) is 0 Å². The summed E-state index contributed by atoms with van der Waals surface area (Å²) in [6.07, 6.45) is 1.98. The molecule has 0 unspecified atom stereocenters. The van der Waals surface area contributed by atoms with Crippen molar-refractivity contribution in [1.29, 1.82) is 0 Å². The third kappa shape index (κ3) is 1.76. The number of aromatic nitrogens is 2. The third-order valence-corrected chi connectivity index (χ3v) is 4.15. The van der Waals surface area contributed by atoms with Crippen molar-refractivity contribution in [2.45, 2.75) is 6.54 Å². The van der Waals surface area contributed by atoms with Gasteiger partial charge in [0.25, 0.3) is 0 Å².